The van der Waals surface area contributed by atoms with Crippen molar-refractivity contribution < 1.29 is 9.90 Å². The smallest absolute Gasteiger partial charge is 0.230 e. The Morgan fingerprint density at radius 2 is 2.20 bits per heavy atom. The molecular formula is C20H25NO2S2. The minimum absolute atomic E-state index is 0.0713. The summed E-state index contributed by atoms with van der Waals surface area (Å²) >= 11 is 6.92. The highest BCUT2D eigenvalue weighted by Gasteiger charge is 2.34. The van der Waals surface area contributed by atoms with Gasteiger partial charge in [0.05, 0.1) is 18.6 Å². The minimum Gasteiger partial charge on any atom is -0.393 e. The molecule has 0 spiro atoms. The van der Waals surface area contributed by atoms with Gasteiger partial charge in [0.15, 0.2) is 0 Å². The highest BCUT2D eigenvalue weighted by Crippen LogP contribution is 2.28. The lowest BCUT2D eigenvalue weighted by atomic mass is 10.0. The summed E-state index contributed by atoms with van der Waals surface area (Å²) in [6, 6.07) is 10.2. The van der Waals surface area contributed by atoms with Crippen molar-refractivity contribution in [2.24, 2.45) is 0 Å². The summed E-state index contributed by atoms with van der Waals surface area (Å²) in [5, 5.41) is 10.2. The van der Waals surface area contributed by atoms with Crippen molar-refractivity contribution in [2.75, 3.05) is 5.75 Å². The molecule has 1 N–H and O–H groups in total. The van der Waals surface area contributed by atoms with Crippen LogP contribution >= 0.6 is 24.0 Å². The van der Waals surface area contributed by atoms with Gasteiger partial charge in [0, 0.05) is 5.75 Å². The van der Waals surface area contributed by atoms with Crippen molar-refractivity contribution in [2.45, 2.75) is 44.8 Å². The number of carbonyl (C=O) groups excluding carboxylic acids is 1. The van der Waals surface area contributed by atoms with E-state index < -0.39 is 6.10 Å². The molecule has 0 radical (unpaired) electrons. The van der Waals surface area contributed by atoms with Crippen LogP contribution in [0.5, 0.6) is 0 Å². The first-order valence-electron chi connectivity index (χ1n) is 8.50. The molecule has 1 heterocycles. The number of aliphatic hydroxyl groups is 1. The van der Waals surface area contributed by atoms with Crippen molar-refractivity contribution in [3.05, 3.63) is 60.2 Å². The number of carbonyl (C=O) groups is 1. The number of thioether (sulfide) groups is 1. The zero-order chi connectivity index (χ0) is 18.2. The van der Waals surface area contributed by atoms with E-state index in [1.807, 2.05) is 31.2 Å². The maximum atomic E-state index is 12.7. The van der Waals surface area contributed by atoms with E-state index in [4.69, 9.17) is 12.2 Å². The summed E-state index contributed by atoms with van der Waals surface area (Å²) in [6.45, 7) is 5.66. The predicted octanol–water partition coefficient (Wildman–Crippen LogP) is 4.12. The molecule has 3 nitrogen and oxygen atoms in total. The monoisotopic (exact) mass is 375 g/mol. The number of thiocarbonyl (C=S) groups is 1. The van der Waals surface area contributed by atoms with Gasteiger partial charge in [-0.2, -0.15) is 0 Å². The number of allylic oxidation sites excluding steroid dienone is 3. The average molecular weight is 376 g/mol. The van der Waals surface area contributed by atoms with Crippen LogP contribution in [0.2, 0.25) is 0 Å². The summed E-state index contributed by atoms with van der Waals surface area (Å²) < 4.78 is 0.626. The molecule has 1 fully saturated rings. The van der Waals surface area contributed by atoms with Gasteiger partial charge in [-0.05, 0) is 31.7 Å². The second-order valence-corrected chi connectivity index (χ2v) is 7.98. The van der Waals surface area contributed by atoms with Crippen LogP contribution in [0, 0.1) is 0 Å². The third-order valence-electron chi connectivity index (χ3n) is 4.23. The minimum atomic E-state index is -0.647. The molecule has 0 saturated carbocycles. The van der Waals surface area contributed by atoms with Crippen LogP contribution < -0.4 is 0 Å². The second-order valence-electron chi connectivity index (χ2n) is 6.33. The van der Waals surface area contributed by atoms with Crippen LogP contribution in [0.25, 0.3) is 0 Å². The molecule has 0 unspecified atom stereocenters. The number of rotatable bonds is 8. The van der Waals surface area contributed by atoms with Crippen LogP contribution in [0.4, 0.5) is 0 Å². The fourth-order valence-corrected chi connectivity index (χ4v) is 4.33. The fourth-order valence-electron chi connectivity index (χ4n) is 2.88. The van der Waals surface area contributed by atoms with Crippen molar-refractivity contribution in [3.63, 3.8) is 0 Å². The molecule has 0 aromatic heterocycles. The highest BCUT2D eigenvalue weighted by atomic mass is 32.2. The maximum absolute atomic E-state index is 12.7. The topological polar surface area (TPSA) is 40.5 Å². The second kappa shape index (κ2) is 9.90. The Hall–Kier alpha value is -1.43. The van der Waals surface area contributed by atoms with E-state index in [1.54, 1.807) is 22.7 Å². The Bertz CT molecular complexity index is 642. The van der Waals surface area contributed by atoms with Gasteiger partial charge in [-0.3, -0.25) is 9.69 Å². The summed E-state index contributed by atoms with van der Waals surface area (Å²) in [7, 11) is 0. The Kier molecular flexibility index (Phi) is 7.88. The van der Waals surface area contributed by atoms with Gasteiger partial charge < -0.3 is 5.11 Å². The van der Waals surface area contributed by atoms with E-state index in [9.17, 15) is 9.90 Å². The SMILES string of the molecule is C=C/C=C(\C)CC[C@H](O)CC(=O)N1C(=S)SC[C@H]1Cc1ccccc1. The number of aliphatic hydroxyl groups excluding tert-OH is 1. The Morgan fingerprint density at radius 3 is 2.88 bits per heavy atom. The van der Waals surface area contributed by atoms with Gasteiger partial charge in [-0.1, -0.05) is 78.6 Å². The summed E-state index contributed by atoms with van der Waals surface area (Å²) in [6.07, 6.45) is 5.25. The van der Waals surface area contributed by atoms with Crippen LogP contribution in [0.15, 0.2) is 54.6 Å². The number of hydrogen-bond acceptors (Lipinski definition) is 4. The maximum Gasteiger partial charge on any atom is 0.230 e. The third-order valence-corrected chi connectivity index (χ3v) is 5.77. The number of benzene rings is 1. The molecule has 5 heteroatoms. The molecule has 1 saturated heterocycles. The van der Waals surface area contributed by atoms with E-state index in [0.29, 0.717) is 10.7 Å². The Balaban J connectivity index is 1.92. The summed E-state index contributed by atoms with van der Waals surface area (Å²) in [4.78, 5) is 14.4. The summed E-state index contributed by atoms with van der Waals surface area (Å²) in [5.74, 6) is 0.741. The van der Waals surface area contributed by atoms with Gasteiger partial charge in [0.2, 0.25) is 5.91 Å². The van der Waals surface area contributed by atoms with E-state index >= 15 is 0 Å². The lowest BCUT2D eigenvalue weighted by Gasteiger charge is -2.25. The molecule has 1 aliphatic rings. The zero-order valence-electron chi connectivity index (χ0n) is 14.6. The quantitative estimate of drug-likeness (QED) is 0.548. The van der Waals surface area contributed by atoms with E-state index in [-0.39, 0.29) is 18.4 Å². The molecule has 1 aromatic rings. The average Bonchev–Trinajstić information content (AvgIpc) is 2.94. The van der Waals surface area contributed by atoms with Crippen LogP contribution in [-0.4, -0.2) is 38.1 Å². The molecule has 134 valence electrons. The summed E-state index contributed by atoms with van der Waals surface area (Å²) in [5.41, 5.74) is 2.34. The normalized spacial score (nSPS) is 19.1. The van der Waals surface area contributed by atoms with Crippen LogP contribution in [0.3, 0.4) is 0 Å². The lowest BCUT2D eigenvalue weighted by molar-refractivity contribution is -0.130. The van der Waals surface area contributed by atoms with Gasteiger partial charge in [-0.15, -0.1) is 0 Å². The molecule has 2 atom stereocenters. The third kappa shape index (κ3) is 6.10. The first-order valence-corrected chi connectivity index (χ1v) is 9.89. The highest BCUT2D eigenvalue weighted by molar-refractivity contribution is 8.23. The zero-order valence-corrected chi connectivity index (χ0v) is 16.2. The van der Waals surface area contributed by atoms with Crippen molar-refractivity contribution in [1.29, 1.82) is 0 Å². The first kappa shape index (κ1) is 19.9. The molecule has 1 amide bonds. The fraction of sp³-hybridized carbons (Fsp3) is 0.400. The molecule has 0 bridgehead atoms. The number of nitrogens with zero attached hydrogens (tertiary/aromatic N) is 1. The molecule has 2 rings (SSSR count). The molecule has 1 aliphatic heterocycles. The van der Waals surface area contributed by atoms with Crippen molar-refractivity contribution >= 4 is 34.2 Å². The van der Waals surface area contributed by atoms with E-state index in [1.165, 1.54) is 5.56 Å². The van der Waals surface area contributed by atoms with Crippen molar-refractivity contribution in [1.82, 2.24) is 4.90 Å². The van der Waals surface area contributed by atoms with Crippen LogP contribution in [-0.2, 0) is 11.2 Å². The molecule has 1 aromatic carbocycles. The number of hydrogen-bond donors (Lipinski definition) is 1. The van der Waals surface area contributed by atoms with Gasteiger partial charge in [0.25, 0.3) is 0 Å². The lowest BCUT2D eigenvalue weighted by Crippen LogP contribution is -2.41. The van der Waals surface area contributed by atoms with E-state index in [0.717, 1.165) is 24.2 Å². The van der Waals surface area contributed by atoms with Crippen LogP contribution in [0.1, 0.15) is 31.7 Å². The van der Waals surface area contributed by atoms with Gasteiger partial charge >= 0.3 is 0 Å². The van der Waals surface area contributed by atoms with E-state index in [2.05, 4.69) is 18.7 Å². The van der Waals surface area contributed by atoms with Gasteiger partial charge in [-0.25, -0.2) is 0 Å². The predicted molar refractivity (Wildman–Crippen MR) is 110 cm³/mol. The molecule has 25 heavy (non-hydrogen) atoms. The Labute approximate surface area is 159 Å². The Morgan fingerprint density at radius 1 is 1.48 bits per heavy atom. The molecule has 0 aliphatic carbocycles. The largest absolute Gasteiger partial charge is 0.393 e. The number of amides is 1. The van der Waals surface area contributed by atoms with Crippen molar-refractivity contribution in [3.8, 4) is 0 Å². The molecular weight excluding hydrogens is 350 g/mol. The van der Waals surface area contributed by atoms with Gasteiger partial charge in [0.1, 0.15) is 4.32 Å². The standard InChI is InChI=1S/C20H25NO2S2/c1-3-7-15(2)10-11-18(22)13-19(23)21-17(14-25-20(21)24)12-16-8-5-4-6-9-16/h3-9,17-18,22H,1,10-14H2,2H3/b15-7+/t17-,18+/m1/s1. The first-order chi connectivity index (χ1) is 12.0.